The largest absolute Gasteiger partial charge is 0.497 e. The van der Waals surface area contributed by atoms with E-state index in [1.165, 1.54) is 19.3 Å². The van der Waals surface area contributed by atoms with Gasteiger partial charge in [-0.05, 0) is 65.3 Å². The average molecular weight is 514 g/mol. The summed E-state index contributed by atoms with van der Waals surface area (Å²) < 4.78 is 35.6. The highest BCUT2D eigenvalue weighted by molar-refractivity contribution is 6.01. The van der Waals surface area contributed by atoms with Gasteiger partial charge in [0.15, 0.2) is 6.30 Å². The number of nitrogens with one attached hydrogen (secondary N) is 2. The second kappa shape index (κ2) is 10.5. The van der Waals surface area contributed by atoms with Gasteiger partial charge in [-0.1, -0.05) is 36.8 Å². The molecule has 6 nitrogen and oxygen atoms in total. The minimum absolute atomic E-state index is 0.0386. The summed E-state index contributed by atoms with van der Waals surface area (Å²) in [5, 5.41) is 19.2. The summed E-state index contributed by atoms with van der Waals surface area (Å²) in [6.07, 6.45) is 3.65. The van der Waals surface area contributed by atoms with Crippen molar-refractivity contribution in [3.8, 4) is 11.8 Å². The van der Waals surface area contributed by atoms with E-state index in [4.69, 9.17) is 9.84 Å². The Balaban J connectivity index is 1.80. The van der Waals surface area contributed by atoms with Gasteiger partial charge in [0.1, 0.15) is 17.6 Å². The number of halogens is 2. The predicted octanol–water partition coefficient (Wildman–Crippen LogP) is 6.46. The molecule has 5 rings (SSSR count). The molecule has 8 heteroatoms. The highest BCUT2D eigenvalue weighted by Gasteiger charge is 2.32. The molecule has 1 aliphatic heterocycles. The summed E-state index contributed by atoms with van der Waals surface area (Å²) in [7, 11) is 1.47. The summed E-state index contributed by atoms with van der Waals surface area (Å²) in [6, 6.07) is 17.5. The van der Waals surface area contributed by atoms with E-state index < -0.39 is 18.1 Å². The highest BCUT2D eigenvalue weighted by atomic mass is 19.1. The Hall–Kier alpha value is -4.48. The van der Waals surface area contributed by atoms with E-state index in [2.05, 4.69) is 16.9 Å². The molecule has 3 aromatic rings. The van der Waals surface area contributed by atoms with Crippen LogP contribution in [0.5, 0.6) is 5.75 Å². The van der Waals surface area contributed by atoms with Crippen molar-refractivity contribution in [2.75, 3.05) is 12.5 Å². The number of carboxylic acids is 1. The van der Waals surface area contributed by atoms with Gasteiger partial charge in [-0.2, -0.15) is 5.26 Å². The van der Waals surface area contributed by atoms with Gasteiger partial charge in [0.25, 0.3) is 0 Å². The Morgan fingerprint density at radius 1 is 1.13 bits per heavy atom. The van der Waals surface area contributed by atoms with Crippen LogP contribution in [-0.4, -0.2) is 18.2 Å². The van der Waals surface area contributed by atoms with Crippen LogP contribution in [0.15, 0.2) is 60.7 Å². The molecule has 1 unspecified atom stereocenters. The number of hydrogen-bond donors (Lipinski definition) is 3. The van der Waals surface area contributed by atoms with Gasteiger partial charge >= 0.3 is 5.97 Å². The maximum Gasteiger partial charge on any atom is 0.328 e. The number of aliphatic carboxylic acids is 1. The smallest absolute Gasteiger partial charge is 0.328 e. The molecule has 0 radical (unpaired) electrons. The van der Waals surface area contributed by atoms with E-state index >= 15 is 4.39 Å². The molecule has 0 aromatic heterocycles. The molecule has 192 valence electrons. The standard InChI is InChI=1S/C30H25F2N3O3/c1-38-20-10-11-22(24(31)15-20)28(18-3-2-4-18)27(19-8-5-17(6-9-19)7-14-26(36)37)21-12-13-25-29(23(21)16-33)30(32)35-34-25/h5-15,18,30,34-35H,2-4H2,1H3,(H,36,37)/b14-7+,28-27+. The molecule has 3 aromatic carbocycles. The predicted molar refractivity (Wildman–Crippen MR) is 141 cm³/mol. The maximum absolute atomic E-state index is 15.6. The number of alkyl halides is 1. The summed E-state index contributed by atoms with van der Waals surface area (Å²) in [5.41, 5.74) is 9.82. The monoisotopic (exact) mass is 513 g/mol. The quantitative estimate of drug-likeness (QED) is 0.191. The first-order valence-electron chi connectivity index (χ1n) is 12.2. The van der Waals surface area contributed by atoms with Crippen molar-refractivity contribution in [3.05, 3.63) is 99.9 Å². The molecule has 0 bridgehead atoms. The van der Waals surface area contributed by atoms with Crippen LogP contribution in [0.25, 0.3) is 17.2 Å². The first-order valence-corrected chi connectivity index (χ1v) is 12.2. The SMILES string of the molecule is COc1ccc(/C(=C(\c2ccc(/C=C/C(=O)O)cc2)c2ccc3c(c2C#N)C(F)NN3)C2CCC2)c(F)c1. The van der Waals surface area contributed by atoms with Gasteiger partial charge in [-0.15, -0.1) is 0 Å². The van der Waals surface area contributed by atoms with Gasteiger partial charge in [-0.3, -0.25) is 0 Å². The number of allylic oxidation sites excluding steroid dienone is 1. The molecule has 3 N–H and O–H groups in total. The number of rotatable bonds is 7. The zero-order valence-corrected chi connectivity index (χ0v) is 20.6. The van der Waals surface area contributed by atoms with Gasteiger partial charge < -0.3 is 15.3 Å². The van der Waals surface area contributed by atoms with Gasteiger partial charge in [0, 0.05) is 28.8 Å². The van der Waals surface area contributed by atoms with Crippen molar-refractivity contribution in [1.29, 1.82) is 5.26 Å². The molecule has 1 atom stereocenters. The van der Waals surface area contributed by atoms with E-state index in [1.807, 2.05) is 12.1 Å². The topological polar surface area (TPSA) is 94.4 Å². The number of methoxy groups -OCH3 is 1. The lowest BCUT2D eigenvalue weighted by Gasteiger charge is -2.32. The Morgan fingerprint density at radius 2 is 1.87 bits per heavy atom. The van der Waals surface area contributed by atoms with Crippen LogP contribution in [-0.2, 0) is 4.79 Å². The summed E-state index contributed by atoms with van der Waals surface area (Å²) in [5.74, 6) is -1.08. The number of hydrazine groups is 1. The fraction of sp³-hybridized carbons (Fsp3) is 0.200. The third-order valence-corrected chi connectivity index (χ3v) is 7.08. The minimum Gasteiger partial charge on any atom is -0.497 e. The average Bonchev–Trinajstić information content (AvgIpc) is 3.27. The number of carbonyl (C=O) groups is 1. The maximum atomic E-state index is 15.6. The molecule has 1 saturated carbocycles. The lowest BCUT2D eigenvalue weighted by molar-refractivity contribution is -0.131. The fourth-order valence-electron chi connectivity index (χ4n) is 5.02. The number of carboxylic acid groups (broad SMARTS) is 1. The number of hydrogen-bond acceptors (Lipinski definition) is 5. The van der Waals surface area contributed by atoms with Crippen molar-refractivity contribution in [2.24, 2.45) is 5.92 Å². The molecule has 0 saturated heterocycles. The second-order valence-electron chi connectivity index (χ2n) is 9.25. The molecule has 38 heavy (non-hydrogen) atoms. The molecular weight excluding hydrogens is 488 g/mol. The van der Waals surface area contributed by atoms with Crippen LogP contribution < -0.4 is 15.6 Å². The third kappa shape index (κ3) is 4.64. The third-order valence-electron chi connectivity index (χ3n) is 7.08. The van der Waals surface area contributed by atoms with E-state index in [-0.39, 0.29) is 17.0 Å². The molecule has 1 aliphatic carbocycles. The molecule has 0 spiro atoms. The Kier molecular flexibility index (Phi) is 6.95. The minimum atomic E-state index is -1.57. The number of nitriles is 1. The summed E-state index contributed by atoms with van der Waals surface area (Å²) >= 11 is 0. The molecule has 0 amide bonds. The Labute approximate surface area is 218 Å². The van der Waals surface area contributed by atoms with Crippen molar-refractivity contribution >= 4 is 28.9 Å². The molecule has 1 fully saturated rings. The lowest BCUT2D eigenvalue weighted by Crippen LogP contribution is -2.16. The Morgan fingerprint density at radius 3 is 2.47 bits per heavy atom. The highest BCUT2D eigenvalue weighted by Crippen LogP contribution is 2.48. The first kappa shape index (κ1) is 25.2. The summed E-state index contributed by atoms with van der Waals surface area (Å²) in [6.45, 7) is 0. The van der Waals surface area contributed by atoms with Gasteiger partial charge in [0.05, 0.1) is 18.4 Å². The van der Waals surface area contributed by atoms with Crippen molar-refractivity contribution in [1.82, 2.24) is 5.43 Å². The fourth-order valence-corrected chi connectivity index (χ4v) is 5.02. The van der Waals surface area contributed by atoms with Crippen LogP contribution in [0.2, 0.25) is 0 Å². The number of anilines is 1. The van der Waals surface area contributed by atoms with Gasteiger partial charge in [0.2, 0.25) is 0 Å². The van der Waals surface area contributed by atoms with E-state index in [0.717, 1.165) is 30.9 Å². The van der Waals surface area contributed by atoms with E-state index in [9.17, 15) is 14.4 Å². The zero-order chi connectivity index (χ0) is 26.8. The zero-order valence-electron chi connectivity index (χ0n) is 20.6. The molecular formula is C30H25F2N3O3. The van der Waals surface area contributed by atoms with Crippen LogP contribution >= 0.6 is 0 Å². The number of fused-ring (bicyclic) bond motifs is 1. The summed E-state index contributed by atoms with van der Waals surface area (Å²) in [4.78, 5) is 11.0. The number of ether oxygens (including phenoxy) is 1. The number of nitrogens with zero attached hydrogens (tertiary/aromatic N) is 1. The van der Waals surface area contributed by atoms with Crippen LogP contribution in [0.1, 0.15) is 58.9 Å². The molecule has 2 aliphatic rings. The van der Waals surface area contributed by atoms with Crippen molar-refractivity contribution < 1.29 is 23.4 Å². The van der Waals surface area contributed by atoms with Crippen LogP contribution in [0.3, 0.4) is 0 Å². The second-order valence-corrected chi connectivity index (χ2v) is 9.25. The van der Waals surface area contributed by atoms with E-state index in [0.29, 0.717) is 39.3 Å². The van der Waals surface area contributed by atoms with Crippen LogP contribution in [0.4, 0.5) is 14.5 Å². The first-order chi connectivity index (χ1) is 18.4. The van der Waals surface area contributed by atoms with Crippen LogP contribution in [0, 0.1) is 23.1 Å². The normalized spacial score (nSPS) is 17.3. The van der Waals surface area contributed by atoms with E-state index in [1.54, 1.807) is 36.4 Å². The Bertz CT molecular complexity index is 1500. The van der Waals surface area contributed by atoms with Crippen molar-refractivity contribution in [2.45, 2.75) is 25.6 Å². The number of benzene rings is 3. The lowest BCUT2D eigenvalue weighted by atomic mass is 9.72. The molecule has 1 heterocycles. The van der Waals surface area contributed by atoms with Gasteiger partial charge in [-0.25, -0.2) is 19.0 Å². The van der Waals surface area contributed by atoms with Crippen molar-refractivity contribution in [3.63, 3.8) is 0 Å².